The highest BCUT2D eigenvalue weighted by atomic mass is 35.7. The van der Waals surface area contributed by atoms with Crippen molar-refractivity contribution in [3.63, 3.8) is 0 Å². The Balaban J connectivity index is 1.68. The number of halogens is 1. The third kappa shape index (κ3) is 6.48. The van der Waals surface area contributed by atoms with Gasteiger partial charge in [-0.15, -0.1) is 0 Å². The quantitative estimate of drug-likeness (QED) is 0.463. The molecule has 112 valence electrons. The van der Waals surface area contributed by atoms with Crippen molar-refractivity contribution in [2.24, 2.45) is 0 Å². The second-order valence-electron chi connectivity index (χ2n) is 5.02. The van der Waals surface area contributed by atoms with Crippen LogP contribution in [0.25, 0.3) is 0 Å². The van der Waals surface area contributed by atoms with Gasteiger partial charge in [0.15, 0.2) is 0 Å². The summed E-state index contributed by atoms with van der Waals surface area (Å²) >= 11 is 6.00. The van der Waals surface area contributed by atoms with Crippen LogP contribution in [-0.2, 0) is 22.1 Å². The van der Waals surface area contributed by atoms with E-state index in [-0.39, 0.29) is 0 Å². The average Bonchev–Trinajstić information content (AvgIpc) is 2.52. The summed E-state index contributed by atoms with van der Waals surface area (Å²) in [6.45, 7) is -2.70. The third-order valence-corrected chi connectivity index (χ3v) is 5.42. The number of aryl methyl sites for hydroxylation is 1. The average molecular weight is 323 g/mol. The van der Waals surface area contributed by atoms with E-state index in [0.29, 0.717) is 12.8 Å². The first-order chi connectivity index (χ1) is 10.2. The molecule has 0 aromatic heterocycles. The molecule has 2 nitrogen and oxygen atoms in total. The van der Waals surface area contributed by atoms with Crippen LogP contribution in [-0.4, -0.2) is 6.16 Å². The Morgan fingerprint density at radius 3 is 2.05 bits per heavy atom. The fourth-order valence-corrected chi connectivity index (χ4v) is 3.66. The normalized spacial score (nSPS) is 13.8. The molecule has 0 N–H and O–H groups in total. The molecule has 1 atom stereocenters. The Kier molecular flexibility index (Phi) is 6.50. The van der Waals surface area contributed by atoms with Gasteiger partial charge in [0.25, 0.3) is 6.72 Å². The summed E-state index contributed by atoms with van der Waals surface area (Å²) < 4.78 is 17.5. The van der Waals surface area contributed by atoms with Gasteiger partial charge in [0.1, 0.15) is 0 Å². The highest BCUT2D eigenvalue weighted by Crippen LogP contribution is 2.53. The lowest BCUT2D eigenvalue weighted by atomic mass is 10.1. The fourth-order valence-electron chi connectivity index (χ4n) is 2.08. The molecule has 0 aliphatic heterocycles. The van der Waals surface area contributed by atoms with Crippen LogP contribution < -0.4 is 0 Å². The van der Waals surface area contributed by atoms with E-state index in [1.807, 2.05) is 48.5 Å². The summed E-state index contributed by atoms with van der Waals surface area (Å²) in [5.41, 5.74) is 2.29. The molecule has 0 bridgehead atoms. The molecular weight excluding hydrogens is 303 g/mol. The van der Waals surface area contributed by atoms with Gasteiger partial charge in [-0.3, -0.25) is 4.57 Å². The molecule has 4 heteroatoms. The Morgan fingerprint density at radius 1 is 0.857 bits per heavy atom. The zero-order chi connectivity index (χ0) is 15.0. The molecule has 0 aliphatic rings. The number of hydrogen-bond donors (Lipinski definition) is 0. The van der Waals surface area contributed by atoms with Crippen LogP contribution in [0.1, 0.15) is 24.0 Å². The van der Waals surface area contributed by atoms with Gasteiger partial charge in [-0.2, -0.15) is 0 Å². The van der Waals surface area contributed by atoms with Gasteiger partial charge >= 0.3 is 0 Å². The second kappa shape index (κ2) is 8.38. The van der Waals surface area contributed by atoms with E-state index in [0.717, 1.165) is 24.8 Å². The highest BCUT2D eigenvalue weighted by molar-refractivity contribution is 7.85. The lowest BCUT2D eigenvalue weighted by Gasteiger charge is -2.11. The van der Waals surface area contributed by atoms with Crippen LogP contribution >= 0.6 is 18.0 Å². The summed E-state index contributed by atoms with van der Waals surface area (Å²) in [5, 5.41) is 0. The zero-order valence-electron chi connectivity index (χ0n) is 12.0. The van der Waals surface area contributed by atoms with E-state index in [9.17, 15) is 4.57 Å². The molecule has 0 saturated carbocycles. The molecule has 0 spiro atoms. The standard InChI is InChI=1S/C17H20ClO2P/c18-21(19,20-15-17-12-5-2-6-13-17)14-8-7-11-16-9-3-1-4-10-16/h1-6,9-10,12-13H,7-8,11,14-15H2. The number of hydrogen-bond acceptors (Lipinski definition) is 2. The van der Waals surface area contributed by atoms with Crippen molar-refractivity contribution in [2.45, 2.75) is 25.9 Å². The lowest BCUT2D eigenvalue weighted by molar-refractivity contribution is 0.313. The van der Waals surface area contributed by atoms with Gasteiger partial charge in [-0.25, -0.2) is 0 Å². The van der Waals surface area contributed by atoms with E-state index < -0.39 is 6.72 Å². The Hall–Kier alpha value is -1.08. The molecule has 0 amide bonds. The predicted molar refractivity (Wildman–Crippen MR) is 88.9 cm³/mol. The van der Waals surface area contributed by atoms with Gasteiger partial charge < -0.3 is 4.52 Å². The van der Waals surface area contributed by atoms with Crippen molar-refractivity contribution in [3.05, 3.63) is 71.8 Å². The lowest BCUT2D eigenvalue weighted by Crippen LogP contribution is -1.94. The largest absolute Gasteiger partial charge is 0.313 e. The number of rotatable bonds is 8. The third-order valence-electron chi connectivity index (χ3n) is 3.25. The minimum atomic E-state index is -3.01. The fraction of sp³-hybridized carbons (Fsp3) is 0.294. The zero-order valence-corrected chi connectivity index (χ0v) is 13.6. The molecule has 2 aromatic carbocycles. The summed E-state index contributed by atoms with van der Waals surface area (Å²) in [7, 11) is 0. The number of benzene rings is 2. The molecule has 2 rings (SSSR count). The highest BCUT2D eigenvalue weighted by Gasteiger charge is 2.18. The molecule has 21 heavy (non-hydrogen) atoms. The van der Waals surface area contributed by atoms with E-state index >= 15 is 0 Å². The van der Waals surface area contributed by atoms with Crippen molar-refractivity contribution >= 4 is 18.0 Å². The molecule has 0 aliphatic carbocycles. The van der Waals surface area contributed by atoms with Crippen molar-refractivity contribution in [2.75, 3.05) is 6.16 Å². The topological polar surface area (TPSA) is 26.3 Å². The summed E-state index contributed by atoms with van der Waals surface area (Å²) in [4.78, 5) is 0. The second-order valence-corrected chi connectivity index (χ2v) is 8.45. The van der Waals surface area contributed by atoms with E-state index in [1.165, 1.54) is 5.56 Å². The maximum atomic E-state index is 12.1. The van der Waals surface area contributed by atoms with Crippen molar-refractivity contribution < 1.29 is 9.09 Å². The van der Waals surface area contributed by atoms with Gasteiger partial charge in [-0.1, -0.05) is 60.7 Å². The molecule has 1 unspecified atom stereocenters. The molecule has 0 radical (unpaired) electrons. The minimum Gasteiger partial charge on any atom is -0.313 e. The SMILES string of the molecule is O=P(Cl)(CCCCc1ccccc1)OCc1ccccc1. The van der Waals surface area contributed by atoms with Gasteiger partial charge in [0, 0.05) is 6.16 Å². The Bertz CT molecular complexity index is 572. The number of unbranched alkanes of at least 4 members (excludes halogenated alkanes) is 1. The van der Waals surface area contributed by atoms with Crippen LogP contribution in [0.5, 0.6) is 0 Å². The van der Waals surface area contributed by atoms with Crippen LogP contribution in [0.4, 0.5) is 0 Å². The monoisotopic (exact) mass is 322 g/mol. The summed E-state index contributed by atoms with van der Waals surface area (Å²) in [6.07, 6.45) is 3.19. The van der Waals surface area contributed by atoms with Gasteiger partial charge in [-0.05, 0) is 41.6 Å². The summed E-state index contributed by atoms with van der Waals surface area (Å²) in [5.74, 6) is 0. The molecule has 2 aromatic rings. The first kappa shape index (κ1) is 16.3. The molecular formula is C17H20ClO2P. The van der Waals surface area contributed by atoms with Crippen molar-refractivity contribution in [1.82, 2.24) is 0 Å². The maximum absolute atomic E-state index is 12.1. The van der Waals surface area contributed by atoms with Gasteiger partial charge in [0.2, 0.25) is 0 Å². The van der Waals surface area contributed by atoms with Crippen LogP contribution in [0.2, 0.25) is 0 Å². The molecule has 0 heterocycles. The summed E-state index contributed by atoms with van der Waals surface area (Å²) in [6, 6.07) is 19.9. The van der Waals surface area contributed by atoms with Crippen LogP contribution in [0.3, 0.4) is 0 Å². The van der Waals surface area contributed by atoms with Crippen LogP contribution in [0, 0.1) is 0 Å². The Morgan fingerprint density at radius 2 is 1.43 bits per heavy atom. The first-order valence-corrected chi connectivity index (χ1v) is 9.88. The van der Waals surface area contributed by atoms with E-state index in [4.69, 9.17) is 15.8 Å². The first-order valence-electron chi connectivity index (χ1n) is 7.17. The van der Waals surface area contributed by atoms with E-state index in [1.54, 1.807) is 0 Å². The predicted octanol–water partition coefficient (Wildman–Crippen LogP) is 5.66. The van der Waals surface area contributed by atoms with Gasteiger partial charge in [0.05, 0.1) is 6.61 Å². The van der Waals surface area contributed by atoms with Crippen LogP contribution in [0.15, 0.2) is 60.7 Å². The minimum absolute atomic E-state index is 0.306. The Labute approximate surface area is 131 Å². The maximum Gasteiger partial charge on any atom is 0.290 e. The van der Waals surface area contributed by atoms with Crippen molar-refractivity contribution in [3.8, 4) is 0 Å². The molecule has 0 fully saturated rings. The van der Waals surface area contributed by atoms with Crippen molar-refractivity contribution in [1.29, 1.82) is 0 Å². The smallest absolute Gasteiger partial charge is 0.290 e. The molecule has 0 saturated heterocycles. The van der Waals surface area contributed by atoms with E-state index in [2.05, 4.69) is 12.1 Å².